The summed E-state index contributed by atoms with van der Waals surface area (Å²) in [5.41, 5.74) is -0.913. The Labute approximate surface area is 157 Å². The molecule has 146 valence electrons. The van der Waals surface area contributed by atoms with E-state index in [1.54, 1.807) is 27.4 Å². The van der Waals surface area contributed by atoms with E-state index in [9.17, 15) is 19.2 Å². The molecule has 0 heterocycles. The van der Waals surface area contributed by atoms with Crippen molar-refractivity contribution >= 4 is 38.8 Å². The highest BCUT2D eigenvalue weighted by Crippen LogP contribution is 2.22. The molecule has 0 aromatic rings. The summed E-state index contributed by atoms with van der Waals surface area (Å²) in [5, 5.41) is 7.38. The van der Waals surface area contributed by atoms with E-state index in [2.05, 4.69) is 16.0 Å². The second kappa shape index (κ2) is 11.2. The van der Waals surface area contributed by atoms with Gasteiger partial charge in [0.05, 0.1) is 6.54 Å². The smallest absolute Gasteiger partial charge is 0.408 e. The quantitative estimate of drug-likeness (QED) is 0.403. The lowest BCUT2D eigenvalue weighted by atomic mass is 10.0. The van der Waals surface area contributed by atoms with Crippen LogP contribution in [-0.2, 0) is 19.1 Å². The monoisotopic (exact) mass is 385 g/mol. The summed E-state index contributed by atoms with van der Waals surface area (Å²) < 4.78 is 5.04. The van der Waals surface area contributed by atoms with Gasteiger partial charge in [0.15, 0.2) is 5.52 Å². The van der Waals surface area contributed by atoms with Gasteiger partial charge in [-0.25, -0.2) is 4.79 Å². The number of nitrogens with one attached hydrogen (secondary N) is 3. The van der Waals surface area contributed by atoms with Gasteiger partial charge in [-0.05, 0) is 39.8 Å². The summed E-state index contributed by atoms with van der Waals surface area (Å²) in [6.07, 6.45) is -0.329. The van der Waals surface area contributed by atoms with Crippen LogP contribution >= 0.6 is 7.80 Å². The van der Waals surface area contributed by atoms with Crippen LogP contribution in [0.4, 0.5) is 4.79 Å². The topological polar surface area (TPSA) is 114 Å². The first-order chi connectivity index (χ1) is 11.8. The maximum atomic E-state index is 12.2. The summed E-state index contributed by atoms with van der Waals surface area (Å²) >= 11 is 0. The largest absolute Gasteiger partial charge is 0.444 e. The molecular formula is C16H29BN3O5P. The van der Waals surface area contributed by atoms with Crippen LogP contribution in [0.1, 0.15) is 41.0 Å². The first kappa shape index (κ1) is 24.4. The van der Waals surface area contributed by atoms with Crippen LogP contribution in [0.5, 0.6) is 0 Å². The van der Waals surface area contributed by atoms with Gasteiger partial charge in [-0.2, -0.15) is 0 Å². The molecule has 0 aliphatic rings. The Balaban J connectivity index is 4.59. The summed E-state index contributed by atoms with van der Waals surface area (Å²) in [4.78, 5) is 47.4. The van der Waals surface area contributed by atoms with E-state index in [0.717, 1.165) is 0 Å². The molecule has 0 fully saturated rings. The predicted molar refractivity (Wildman–Crippen MR) is 102 cm³/mol. The molecular weight excluding hydrogens is 356 g/mol. The molecule has 3 N–H and O–H groups in total. The molecule has 2 atom stereocenters. The Morgan fingerprint density at radius 1 is 1.08 bits per heavy atom. The fraction of sp³-hybridized carbons (Fsp3) is 0.750. The summed E-state index contributed by atoms with van der Waals surface area (Å²) in [7, 11) is 4.24. The second-order valence-electron chi connectivity index (χ2n) is 7.33. The Kier molecular flexibility index (Phi) is 10.5. The minimum atomic E-state index is -1.27. The fourth-order valence-electron chi connectivity index (χ4n) is 1.83. The molecule has 10 heteroatoms. The average molecular weight is 385 g/mol. The third-order valence-corrected chi connectivity index (χ3v) is 3.90. The van der Waals surface area contributed by atoms with Crippen LogP contribution in [0.2, 0.25) is 0 Å². The van der Waals surface area contributed by atoms with E-state index in [-0.39, 0.29) is 24.5 Å². The Morgan fingerprint density at radius 3 is 2.12 bits per heavy atom. The molecule has 0 spiro atoms. The number of alkyl carbamates (subject to hydrolysis) is 1. The van der Waals surface area contributed by atoms with Crippen molar-refractivity contribution in [2.75, 3.05) is 19.8 Å². The lowest BCUT2D eigenvalue weighted by Crippen LogP contribution is -2.51. The number of carbonyl (C=O) groups excluding carboxylic acids is 4. The standard InChI is InChI=1S/C16H29BN3O5P/c1-10(2)7-11(14(23)18-9-13(22)26(6)17)20-12(21)8-19-15(24)25-16(3,4)5/h10-11H,7-9H2,1-6H3,(H,18,23)(H,19,24)(H,20,21). The molecule has 2 unspecified atom stereocenters. The van der Waals surface area contributed by atoms with Crippen LogP contribution in [-0.4, -0.2) is 62.4 Å². The van der Waals surface area contributed by atoms with E-state index >= 15 is 0 Å². The van der Waals surface area contributed by atoms with E-state index in [4.69, 9.17) is 12.3 Å². The SMILES string of the molecule is [B]P(C)C(=O)CNC(=O)C(CC(C)C)NC(=O)CNC(=O)OC(C)(C)C. The van der Waals surface area contributed by atoms with Crippen LogP contribution < -0.4 is 16.0 Å². The third kappa shape index (κ3) is 11.8. The van der Waals surface area contributed by atoms with Gasteiger partial charge in [-0.3, -0.25) is 14.4 Å². The molecule has 0 saturated heterocycles. The van der Waals surface area contributed by atoms with E-state index in [1.807, 2.05) is 13.8 Å². The predicted octanol–water partition coefficient (Wildman–Crippen LogP) is 0.880. The normalized spacial score (nSPS) is 13.5. The molecule has 8 nitrogen and oxygen atoms in total. The zero-order valence-corrected chi connectivity index (χ0v) is 17.2. The number of hydrogen-bond acceptors (Lipinski definition) is 5. The van der Waals surface area contributed by atoms with Crippen molar-refractivity contribution in [2.45, 2.75) is 52.7 Å². The minimum Gasteiger partial charge on any atom is -0.444 e. The van der Waals surface area contributed by atoms with Gasteiger partial charge >= 0.3 is 6.09 Å². The molecule has 3 amide bonds. The molecule has 0 rings (SSSR count). The number of rotatable bonds is 9. The zero-order chi connectivity index (χ0) is 20.5. The summed E-state index contributed by atoms with van der Waals surface area (Å²) in [5.74, 6) is -0.854. The summed E-state index contributed by atoms with van der Waals surface area (Å²) in [6, 6.07) is -0.809. The van der Waals surface area contributed by atoms with Gasteiger partial charge < -0.3 is 20.7 Å². The maximum absolute atomic E-state index is 12.2. The Hall–Kier alpha value is -1.63. The van der Waals surface area contributed by atoms with Crippen molar-refractivity contribution in [2.24, 2.45) is 5.92 Å². The number of amides is 3. The van der Waals surface area contributed by atoms with Gasteiger partial charge in [0, 0.05) is 0 Å². The van der Waals surface area contributed by atoms with Crippen molar-refractivity contribution in [3.8, 4) is 0 Å². The number of ether oxygens (including phenoxy) is 1. The van der Waals surface area contributed by atoms with Gasteiger partial charge in [0.25, 0.3) is 0 Å². The van der Waals surface area contributed by atoms with Crippen molar-refractivity contribution in [1.82, 2.24) is 16.0 Å². The van der Waals surface area contributed by atoms with Gasteiger partial charge in [0.1, 0.15) is 25.8 Å². The van der Waals surface area contributed by atoms with Gasteiger partial charge in [-0.15, -0.1) is 0 Å². The van der Waals surface area contributed by atoms with Crippen molar-refractivity contribution in [1.29, 1.82) is 0 Å². The van der Waals surface area contributed by atoms with Crippen LogP contribution in [0.3, 0.4) is 0 Å². The second-order valence-corrected chi connectivity index (χ2v) is 9.05. The molecule has 0 aromatic heterocycles. The van der Waals surface area contributed by atoms with Gasteiger partial charge in [-0.1, -0.05) is 21.6 Å². The van der Waals surface area contributed by atoms with E-state index in [1.165, 1.54) is 0 Å². The molecule has 0 aliphatic carbocycles. The highest BCUT2D eigenvalue weighted by molar-refractivity contribution is 7.94. The van der Waals surface area contributed by atoms with E-state index < -0.39 is 37.4 Å². The van der Waals surface area contributed by atoms with Crippen molar-refractivity contribution in [3.63, 3.8) is 0 Å². The first-order valence-corrected chi connectivity index (χ1v) is 10.2. The number of carbonyl (C=O) groups is 4. The Bertz CT molecular complexity index is 521. The van der Waals surface area contributed by atoms with Crippen LogP contribution in [0.25, 0.3) is 0 Å². The summed E-state index contributed by atoms with van der Waals surface area (Å²) in [6.45, 7) is 10.0. The molecule has 2 radical (unpaired) electrons. The Morgan fingerprint density at radius 2 is 1.65 bits per heavy atom. The molecule has 0 aromatic carbocycles. The van der Waals surface area contributed by atoms with E-state index in [0.29, 0.717) is 6.42 Å². The molecule has 0 bridgehead atoms. The minimum absolute atomic E-state index is 0.137. The van der Waals surface area contributed by atoms with Crippen LogP contribution in [0, 0.1) is 5.92 Å². The lowest BCUT2D eigenvalue weighted by Gasteiger charge is -2.21. The van der Waals surface area contributed by atoms with Gasteiger partial charge in [0.2, 0.25) is 11.8 Å². The highest BCUT2D eigenvalue weighted by Gasteiger charge is 2.23. The first-order valence-electron chi connectivity index (χ1n) is 8.37. The average Bonchev–Trinajstić information content (AvgIpc) is 2.47. The van der Waals surface area contributed by atoms with Crippen LogP contribution in [0.15, 0.2) is 0 Å². The van der Waals surface area contributed by atoms with Crippen molar-refractivity contribution < 1.29 is 23.9 Å². The lowest BCUT2D eigenvalue weighted by molar-refractivity contribution is -0.129. The zero-order valence-electron chi connectivity index (χ0n) is 16.3. The highest BCUT2D eigenvalue weighted by atomic mass is 31.1. The number of hydrogen-bond donors (Lipinski definition) is 3. The molecule has 0 saturated carbocycles. The fourth-order valence-corrected chi connectivity index (χ4v) is 2.15. The van der Waals surface area contributed by atoms with Crippen molar-refractivity contribution in [3.05, 3.63) is 0 Å². The maximum Gasteiger partial charge on any atom is 0.408 e. The third-order valence-electron chi connectivity index (χ3n) is 2.96. The molecule has 26 heavy (non-hydrogen) atoms. The molecule has 0 aliphatic heterocycles.